The van der Waals surface area contributed by atoms with Crippen LogP contribution in [0.2, 0.25) is 0 Å². The number of nitrogens with zero attached hydrogens (tertiary/aromatic N) is 1. The van der Waals surface area contributed by atoms with Gasteiger partial charge >= 0.3 is 0 Å². The Morgan fingerprint density at radius 1 is 1.33 bits per heavy atom. The summed E-state index contributed by atoms with van der Waals surface area (Å²) >= 11 is 5.28. The van der Waals surface area contributed by atoms with Crippen molar-refractivity contribution in [2.24, 2.45) is 5.41 Å². The summed E-state index contributed by atoms with van der Waals surface area (Å²) in [5.41, 5.74) is -0.163. The Morgan fingerprint density at radius 2 is 2.11 bits per heavy atom. The van der Waals surface area contributed by atoms with E-state index in [2.05, 4.69) is 39.4 Å². The molecule has 2 nitrogen and oxygen atoms in total. The lowest BCUT2D eigenvalue weighted by atomic mass is 9.89. The number of halogens is 1. The summed E-state index contributed by atoms with van der Waals surface area (Å²) in [5, 5.41) is 12.4. The van der Waals surface area contributed by atoms with E-state index in [0.717, 1.165) is 38.8 Å². The topological polar surface area (TPSA) is 35.8 Å². The molecule has 0 aliphatic carbocycles. The molecule has 0 aromatic carbocycles. The number of thiophene rings is 1. The maximum absolute atomic E-state index is 8.89. The summed E-state index contributed by atoms with van der Waals surface area (Å²) < 4.78 is 1.20. The molecule has 1 aromatic heterocycles. The molecule has 0 saturated heterocycles. The van der Waals surface area contributed by atoms with Crippen molar-refractivity contribution in [3.05, 3.63) is 20.8 Å². The monoisotopic (exact) mass is 328 g/mol. The molecule has 1 N–H and O–H groups in total. The van der Waals surface area contributed by atoms with Gasteiger partial charge in [0.25, 0.3) is 0 Å². The van der Waals surface area contributed by atoms with Crippen LogP contribution in [0, 0.1) is 16.7 Å². The number of rotatable bonds is 8. The van der Waals surface area contributed by atoms with Gasteiger partial charge in [-0.3, -0.25) is 0 Å². The number of unbranched alkanes of at least 4 members (excludes halogenated alkanes) is 1. The van der Waals surface area contributed by atoms with Crippen molar-refractivity contribution in [2.75, 3.05) is 13.1 Å². The van der Waals surface area contributed by atoms with Gasteiger partial charge in [-0.25, -0.2) is 0 Å². The van der Waals surface area contributed by atoms with Gasteiger partial charge in [0, 0.05) is 4.88 Å². The predicted octanol–water partition coefficient (Wildman–Crippen LogP) is 4.36. The van der Waals surface area contributed by atoms with Gasteiger partial charge < -0.3 is 5.32 Å². The Labute approximate surface area is 123 Å². The average molecular weight is 329 g/mol. The third kappa shape index (κ3) is 6.53. The van der Waals surface area contributed by atoms with E-state index in [0.29, 0.717) is 0 Å². The fraction of sp³-hybridized carbons (Fsp3) is 0.643. The first-order valence-corrected chi connectivity index (χ1v) is 8.01. The smallest absolute Gasteiger partial charge is 0.0701 e. The molecule has 0 bridgehead atoms. The minimum absolute atomic E-state index is 0.163. The normalized spacial score (nSPS) is 11.4. The number of hydrogen-bond donors (Lipinski definition) is 1. The van der Waals surface area contributed by atoms with Gasteiger partial charge in [0.1, 0.15) is 0 Å². The molecular formula is C14H21BrN2S. The lowest BCUT2D eigenvalue weighted by molar-refractivity contribution is 0.423. The Morgan fingerprint density at radius 3 is 2.72 bits per heavy atom. The van der Waals surface area contributed by atoms with E-state index in [1.165, 1.54) is 8.66 Å². The number of hydrogen-bond acceptors (Lipinski definition) is 3. The highest BCUT2D eigenvalue weighted by molar-refractivity contribution is 9.11. The second-order valence-electron chi connectivity index (χ2n) is 5.16. The van der Waals surface area contributed by atoms with Crippen LogP contribution in [0.1, 0.15) is 38.0 Å². The van der Waals surface area contributed by atoms with Crippen molar-refractivity contribution >= 4 is 27.3 Å². The highest BCUT2D eigenvalue weighted by Crippen LogP contribution is 2.22. The zero-order valence-corrected chi connectivity index (χ0v) is 13.5. The van der Waals surface area contributed by atoms with Crippen LogP contribution in [0.4, 0.5) is 0 Å². The van der Waals surface area contributed by atoms with Gasteiger partial charge in [-0.1, -0.05) is 6.42 Å². The molecule has 0 amide bonds. The minimum atomic E-state index is -0.163. The van der Waals surface area contributed by atoms with E-state index < -0.39 is 0 Å². The van der Waals surface area contributed by atoms with Gasteiger partial charge in [0.15, 0.2) is 0 Å². The summed E-state index contributed by atoms with van der Waals surface area (Å²) in [6.07, 6.45) is 4.36. The molecule has 0 saturated carbocycles. The summed E-state index contributed by atoms with van der Waals surface area (Å²) in [6.45, 7) is 6.10. The van der Waals surface area contributed by atoms with Gasteiger partial charge in [-0.2, -0.15) is 5.26 Å². The second kappa shape index (κ2) is 7.93. The predicted molar refractivity (Wildman–Crippen MR) is 81.8 cm³/mol. The molecule has 1 rings (SSSR count). The molecular weight excluding hydrogens is 308 g/mol. The maximum atomic E-state index is 8.89. The molecule has 18 heavy (non-hydrogen) atoms. The van der Waals surface area contributed by atoms with Gasteiger partial charge in [0.2, 0.25) is 0 Å². The highest BCUT2D eigenvalue weighted by atomic mass is 79.9. The van der Waals surface area contributed by atoms with Gasteiger partial charge in [-0.15, -0.1) is 11.3 Å². The van der Waals surface area contributed by atoms with Crippen LogP contribution in [-0.2, 0) is 6.42 Å². The van der Waals surface area contributed by atoms with E-state index in [1.54, 1.807) is 11.3 Å². The molecule has 0 aliphatic heterocycles. The van der Waals surface area contributed by atoms with E-state index in [9.17, 15) is 0 Å². The molecule has 0 atom stereocenters. The maximum Gasteiger partial charge on any atom is 0.0701 e. The Hall–Kier alpha value is -0.370. The summed E-state index contributed by atoms with van der Waals surface area (Å²) in [4.78, 5) is 1.42. The van der Waals surface area contributed by atoms with Crippen molar-refractivity contribution < 1.29 is 0 Å². The largest absolute Gasteiger partial charge is 0.316 e. The van der Waals surface area contributed by atoms with Gasteiger partial charge in [-0.05, 0) is 74.3 Å². The molecule has 0 radical (unpaired) electrons. The lowest BCUT2D eigenvalue weighted by Crippen LogP contribution is -2.18. The molecule has 0 spiro atoms. The Bertz CT molecular complexity index is 393. The lowest BCUT2D eigenvalue weighted by Gasteiger charge is -2.14. The van der Waals surface area contributed by atoms with Crippen molar-refractivity contribution in [3.63, 3.8) is 0 Å². The fourth-order valence-corrected chi connectivity index (χ4v) is 3.18. The third-order valence-corrected chi connectivity index (χ3v) is 4.57. The SMILES string of the molecule is CC(C)(C#N)CCCCNCCc1ccc(Br)s1. The standard InChI is InChI=1S/C14H21BrN2S/c1-14(2,11-16)8-3-4-9-17-10-7-12-5-6-13(15)18-12/h5-6,17H,3-4,7-10H2,1-2H3. The molecule has 1 aromatic rings. The van der Waals surface area contributed by atoms with Crippen LogP contribution < -0.4 is 5.32 Å². The Kier molecular flexibility index (Phi) is 6.91. The van der Waals surface area contributed by atoms with Crippen molar-refractivity contribution in [2.45, 2.75) is 39.5 Å². The quantitative estimate of drug-likeness (QED) is 0.719. The van der Waals surface area contributed by atoms with E-state index in [1.807, 2.05) is 13.8 Å². The number of nitriles is 1. The first kappa shape index (κ1) is 15.7. The van der Waals surface area contributed by atoms with Crippen molar-refractivity contribution in [1.82, 2.24) is 5.32 Å². The molecule has 0 fully saturated rings. The van der Waals surface area contributed by atoms with Crippen LogP contribution in [0.25, 0.3) is 0 Å². The van der Waals surface area contributed by atoms with E-state index in [4.69, 9.17) is 5.26 Å². The average Bonchev–Trinajstić information content (AvgIpc) is 2.74. The zero-order valence-electron chi connectivity index (χ0n) is 11.1. The second-order valence-corrected chi connectivity index (χ2v) is 7.71. The fourth-order valence-electron chi connectivity index (χ4n) is 1.70. The first-order chi connectivity index (χ1) is 8.53. The first-order valence-electron chi connectivity index (χ1n) is 6.40. The van der Waals surface area contributed by atoms with Crippen molar-refractivity contribution in [1.29, 1.82) is 5.26 Å². The highest BCUT2D eigenvalue weighted by Gasteiger charge is 2.15. The molecule has 0 unspecified atom stereocenters. The van der Waals surface area contributed by atoms with Crippen LogP contribution >= 0.6 is 27.3 Å². The van der Waals surface area contributed by atoms with E-state index >= 15 is 0 Å². The van der Waals surface area contributed by atoms with Crippen molar-refractivity contribution in [3.8, 4) is 6.07 Å². The Balaban J connectivity index is 1.98. The van der Waals surface area contributed by atoms with E-state index in [-0.39, 0.29) is 5.41 Å². The van der Waals surface area contributed by atoms with Crippen LogP contribution in [0.5, 0.6) is 0 Å². The van der Waals surface area contributed by atoms with Crippen LogP contribution in [-0.4, -0.2) is 13.1 Å². The summed E-state index contributed by atoms with van der Waals surface area (Å²) in [7, 11) is 0. The van der Waals surface area contributed by atoms with Gasteiger partial charge in [0.05, 0.1) is 15.3 Å². The van der Waals surface area contributed by atoms with Crippen LogP contribution in [0.3, 0.4) is 0 Å². The van der Waals surface area contributed by atoms with Crippen LogP contribution in [0.15, 0.2) is 15.9 Å². The number of nitrogens with one attached hydrogen (secondary N) is 1. The molecule has 100 valence electrons. The zero-order chi connectivity index (χ0) is 13.4. The summed E-state index contributed by atoms with van der Waals surface area (Å²) in [5.74, 6) is 0. The summed E-state index contributed by atoms with van der Waals surface area (Å²) in [6, 6.07) is 6.62. The molecule has 0 aliphatic rings. The molecule has 1 heterocycles. The minimum Gasteiger partial charge on any atom is -0.316 e. The third-order valence-electron chi connectivity index (χ3n) is 2.89. The molecule has 4 heteroatoms.